The number of nitro groups is 1. The van der Waals surface area contributed by atoms with E-state index in [4.69, 9.17) is 9.47 Å². The molecular weight excluding hydrogens is 288 g/mol. The third-order valence-corrected chi connectivity index (χ3v) is 3.73. The van der Waals surface area contributed by atoms with Crippen molar-refractivity contribution in [2.75, 3.05) is 7.11 Å². The molecule has 7 heteroatoms. The van der Waals surface area contributed by atoms with E-state index in [0.717, 1.165) is 25.7 Å². The van der Waals surface area contributed by atoms with Gasteiger partial charge in [0, 0.05) is 24.2 Å². The number of carbonyl (C=O) groups is 1. The van der Waals surface area contributed by atoms with Crippen LogP contribution in [-0.2, 0) is 11.3 Å². The molecule has 0 amide bonds. The molecular formula is C15H18N2O5. The average molecular weight is 306 g/mol. The van der Waals surface area contributed by atoms with E-state index in [0.29, 0.717) is 18.2 Å². The second kappa shape index (κ2) is 5.92. The molecule has 0 unspecified atom stereocenters. The SMILES string of the molecule is COC(=O)c1cc(CNC2CC2)c([N+](=O)[O-])c(OC2CC2)c1. The topological polar surface area (TPSA) is 90.7 Å². The van der Waals surface area contributed by atoms with Crippen molar-refractivity contribution in [3.05, 3.63) is 33.4 Å². The molecule has 2 aliphatic rings. The number of nitro benzene ring substituents is 1. The number of esters is 1. The largest absolute Gasteiger partial charge is 0.483 e. The first-order valence-corrected chi connectivity index (χ1v) is 7.38. The van der Waals surface area contributed by atoms with Gasteiger partial charge in [-0.25, -0.2) is 4.79 Å². The average Bonchev–Trinajstić information content (AvgIpc) is 3.37. The van der Waals surface area contributed by atoms with Gasteiger partial charge in [0.25, 0.3) is 0 Å². The Bertz CT molecular complexity index is 608. The highest BCUT2D eigenvalue weighted by molar-refractivity contribution is 5.91. The zero-order valence-corrected chi connectivity index (χ0v) is 12.3. The zero-order chi connectivity index (χ0) is 15.7. The number of hydrogen-bond donors (Lipinski definition) is 1. The van der Waals surface area contributed by atoms with E-state index in [1.807, 2.05) is 0 Å². The molecule has 1 aromatic rings. The van der Waals surface area contributed by atoms with Gasteiger partial charge in [0.05, 0.1) is 23.7 Å². The third kappa shape index (κ3) is 3.36. The Hall–Kier alpha value is -2.15. The fraction of sp³-hybridized carbons (Fsp3) is 0.533. The minimum atomic E-state index is -0.525. The Balaban J connectivity index is 1.96. The highest BCUT2D eigenvalue weighted by Crippen LogP contribution is 2.37. The standard InChI is InChI=1S/C15H18N2O5/c1-21-15(18)9-6-10(8-16-11-2-3-11)14(17(19)20)13(7-9)22-12-4-5-12/h6-7,11-12,16H,2-5,8H2,1H3. The summed E-state index contributed by atoms with van der Waals surface area (Å²) in [5.74, 6) is -0.369. The molecule has 0 heterocycles. The second-order valence-corrected chi connectivity index (χ2v) is 5.70. The molecule has 22 heavy (non-hydrogen) atoms. The molecule has 0 spiro atoms. The van der Waals surface area contributed by atoms with E-state index in [1.165, 1.54) is 19.2 Å². The molecule has 0 atom stereocenters. The molecule has 2 aliphatic carbocycles. The van der Waals surface area contributed by atoms with Crippen LogP contribution < -0.4 is 10.1 Å². The van der Waals surface area contributed by atoms with Crippen LogP contribution in [0.4, 0.5) is 5.69 Å². The zero-order valence-electron chi connectivity index (χ0n) is 12.3. The fourth-order valence-corrected chi connectivity index (χ4v) is 2.24. The summed E-state index contributed by atoms with van der Waals surface area (Å²) in [6.45, 7) is 0.340. The van der Waals surface area contributed by atoms with Gasteiger partial charge in [-0.3, -0.25) is 10.1 Å². The molecule has 1 aromatic carbocycles. The molecule has 7 nitrogen and oxygen atoms in total. The van der Waals surface area contributed by atoms with Crippen molar-refractivity contribution in [2.45, 2.75) is 44.4 Å². The number of hydrogen-bond acceptors (Lipinski definition) is 6. The number of benzene rings is 1. The van der Waals surface area contributed by atoms with Gasteiger partial charge in [-0.2, -0.15) is 0 Å². The normalized spacial score (nSPS) is 17.1. The Morgan fingerprint density at radius 3 is 2.64 bits per heavy atom. The van der Waals surface area contributed by atoms with E-state index < -0.39 is 10.9 Å². The monoisotopic (exact) mass is 306 g/mol. The van der Waals surface area contributed by atoms with Crippen LogP contribution in [0.2, 0.25) is 0 Å². The van der Waals surface area contributed by atoms with Crippen molar-refractivity contribution in [1.82, 2.24) is 5.32 Å². The second-order valence-electron chi connectivity index (χ2n) is 5.70. The van der Waals surface area contributed by atoms with Crippen molar-refractivity contribution < 1.29 is 19.2 Å². The molecule has 0 aliphatic heterocycles. The van der Waals surface area contributed by atoms with Crippen molar-refractivity contribution in [3.63, 3.8) is 0 Å². The Labute approximate surface area is 127 Å². The summed E-state index contributed by atoms with van der Waals surface area (Å²) in [5.41, 5.74) is 0.666. The third-order valence-electron chi connectivity index (χ3n) is 3.73. The van der Waals surface area contributed by atoms with Gasteiger partial charge < -0.3 is 14.8 Å². The molecule has 2 fully saturated rings. The Morgan fingerprint density at radius 1 is 1.36 bits per heavy atom. The molecule has 2 saturated carbocycles. The van der Waals surface area contributed by atoms with Crippen molar-refractivity contribution in [3.8, 4) is 5.75 Å². The van der Waals surface area contributed by atoms with Crippen molar-refractivity contribution in [1.29, 1.82) is 0 Å². The summed E-state index contributed by atoms with van der Waals surface area (Å²) < 4.78 is 10.4. The molecule has 0 saturated heterocycles. The van der Waals surface area contributed by atoms with Crippen molar-refractivity contribution >= 4 is 11.7 Å². The number of carbonyl (C=O) groups excluding carboxylic acids is 1. The van der Waals surface area contributed by atoms with E-state index in [1.54, 1.807) is 0 Å². The summed E-state index contributed by atoms with van der Waals surface area (Å²) in [6, 6.07) is 3.33. The summed E-state index contributed by atoms with van der Waals surface area (Å²) in [5, 5.41) is 14.7. The summed E-state index contributed by atoms with van der Waals surface area (Å²) in [6.07, 6.45) is 3.94. The number of nitrogens with one attached hydrogen (secondary N) is 1. The van der Waals surface area contributed by atoms with Gasteiger partial charge in [-0.05, 0) is 31.7 Å². The lowest BCUT2D eigenvalue weighted by atomic mass is 10.1. The lowest BCUT2D eigenvalue weighted by Gasteiger charge is -2.12. The Kier molecular flexibility index (Phi) is 3.98. The maximum atomic E-state index is 11.8. The van der Waals surface area contributed by atoms with E-state index in [-0.39, 0.29) is 23.1 Å². The highest BCUT2D eigenvalue weighted by atomic mass is 16.6. The van der Waals surface area contributed by atoms with Crippen LogP contribution in [0.25, 0.3) is 0 Å². The quantitative estimate of drug-likeness (QED) is 0.471. The fourth-order valence-electron chi connectivity index (χ4n) is 2.24. The lowest BCUT2D eigenvalue weighted by Crippen LogP contribution is -2.17. The van der Waals surface area contributed by atoms with Crippen LogP contribution in [0.3, 0.4) is 0 Å². The van der Waals surface area contributed by atoms with E-state index >= 15 is 0 Å². The number of methoxy groups -OCH3 is 1. The maximum Gasteiger partial charge on any atom is 0.338 e. The minimum Gasteiger partial charge on any atom is -0.483 e. The van der Waals surface area contributed by atoms with Crippen LogP contribution in [0, 0.1) is 10.1 Å². The molecule has 118 valence electrons. The van der Waals surface area contributed by atoms with E-state index in [9.17, 15) is 14.9 Å². The molecule has 3 rings (SSSR count). The van der Waals surface area contributed by atoms with Gasteiger partial charge in [0.1, 0.15) is 0 Å². The number of rotatable bonds is 7. The predicted octanol–water partition coefficient (Wildman–Crippen LogP) is 2.17. The molecule has 0 radical (unpaired) electrons. The van der Waals surface area contributed by atoms with Gasteiger partial charge in [-0.1, -0.05) is 0 Å². The minimum absolute atomic E-state index is 0.0100. The molecule has 1 N–H and O–H groups in total. The number of nitrogens with zero attached hydrogens (tertiary/aromatic N) is 1. The van der Waals surface area contributed by atoms with Crippen LogP contribution in [-0.4, -0.2) is 30.1 Å². The van der Waals surface area contributed by atoms with Gasteiger partial charge >= 0.3 is 11.7 Å². The first-order valence-electron chi connectivity index (χ1n) is 7.38. The van der Waals surface area contributed by atoms with Gasteiger partial charge in [-0.15, -0.1) is 0 Å². The first-order chi connectivity index (χ1) is 10.6. The van der Waals surface area contributed by atoms with Crippen LogP contribution in [0.1, 0.15) is 41.6 Å². The summed E-state index contributed by atoms with van der Waals surface area (Å²) >= 11 is 0. The van der Waals surface area contributed by atoms with Gasteiger partial charge in [0.2, 0.25) is 0 Å². The van der Waals surface area contributed by atoms with Crippen LogP contribution >= 0.6 is 0 Å². The summed E-state index contributed by atoms with van der Waals surface area (Å²) in [7, 11) is 1.29. The highest BCUT2D eigenvalue weighted by Gasteiger charge is 2.31. The Morgan fingerprint density at radius 2 is 2.09 bits per heavy atom. The smallest absolute Gasteiger partial charge is 0.338 e. The lowest BCUT2D eigenvalue weighted by molar-refractivity contribution is -0.386. The predicted molar refractivity (Wildman–Crippen MR) is 77.9 cm³/mol. The first kappa shape index (κ1) is 14.8. The maximum absolute atomic E-state index is 11.8. The van der Waals surface area contributed by atoms with Crippen LogP contribution in [0.15, 0.2) is 12.1 Å². The summed E-state index contributed by atoms with van der Waals surface area (Å²) in [4.78, 5) is 22.8. The van der Waals surface area contributed by atoms with E-state index in [2.05, 4.69) is 5.32 Å². The molecule has 0 aromatic heterocycles. The van der Waals surface area contributed by atoms with Crippen molar-refractivity contribution in [2.24, 2.45) is 0 Å². The molecule has 0 bridgehead atoms. The van der Waals surface area contributed by atoms with Crippen LogP contribution in [0.5, 0.6) is 5.75 Å². The number of ether oxygens (including phenoxy) is 2. The van der Waals surface area contributed by atoms with Gasteiger partial charge in [0.15, 0.2) is 5.75 Å².